The molecule has 0 amide bonds. The highest BCUT2D eigenvalue weighted by Gasteiger charge is 2.11. The largest absolute Gasteiger partial charge is 0.480 e. The van der Waals surface area contributed by atoms with Crippen LogP contribution in [0.15, 0.2) is 40.2 Å². The number of hydrogen-bond donors (Lipinski definition) is 3. The Morgan fingerprint density at radius 1 is 1.23 bits per heavy atom. The van der Waals surface area contributed by atoms with Crippen molar-refractivity contribution in [2.45, 2.75) is 34.2 Å². The highest BCUT2D eigenvalue weighted by atomic mass is 16.4. The lowest BCUT2D eigenvalue weighted by Gasteiger charge is -2.13. The van der Waals surface area contributed by atoms with Crippen LogP contribution in [0.1, 0.15) is 36.1 Å². The third kappa shape index (κ3) is 5.13. The molecule has 2 aromatic rings. The van der Waals surface area contributed by atoms with E-state index in [9.17, 15) is 9.59 Å². The van der Waals surface area contributed by atoms with Crippen LogP contribution >= 0.6 is 0 Å². The molecule has 0 saturated carbocycles. The monoisotopic (exact) mass is 355 g/mol. The molecule has 1 aromatic heterocycles. The fourth-order valence-electron chi connectivity index (χ4n) is 2.60. The van der Waals surface area contributed by atoms with Gasteiger partial charge in [-0.1, -0.05) is 26.0 Å². The van der Waals surface area contributed by atoms with Crippen LogP contribution in [0, 0.1) is 19.8 Å². The van der Waals surface area contributed by atoms with Gasteiger partial charge < -0.3 is 15.4 Å². The summed E-state index contributed by atoms with van der Waals surface area (Å²) in [6.45, 7) is 8.27. The molecule has 0 spiro atoms. The number of pyridine rings is 1. The van der Waals surface area contributed by atoms with Crippen LogP contribution < -0.4 is 10.9 Å². The number of aliphatic carboxylic acids is 1. The summed E-state index contributed by atoms with van der Waals surface area (Å²) in [7, 11) is 0. The maximum Gasteiger partial charge on any atom is 0.317 e. The molecule has 26 heavy (non-hydrogen) atoms. The van der Waals surface area contributed by atoms with E-state index in [0.29, 0.717) is 12.1 Å². The van der Waals surface area contributed by atoms with Gasteiger partial charge in [-0.3, -0.25) is 14.6 Å². The maximum absolute atomic E-state index is 11.6. The number of carbonyl (C=O) groups is 1. The molecule has 1 heterocycles. The lowest BCUT2D eigenvalue weighted by Crippen LogP contribution is -2.21. The molecule has 0 bridgehead atoms. The van der Waals surface area contributed by atoms with Gasteiger partial charge in [-0.2, -0.15) is 0 Å². The number of carboxylic acids is 1. The van der Waals surface area contributed by atoms with E-state index in [4.69, 9.17) is 10.1 Å². The third-order valence-electron chi connectivity index (χ3n) is 4.05. The summed E-state index contributed by atoms with van der Waals surface area (Å²) in [4.78, 5) is 29.9. The van der Waals surface area contributed by atoms with E-state index in [1.54, 1.807) is 13.1 Å². The van der Waals surface area contributed by atoms with Gasteiger partial charge in [-0.15, -0.1) is 0 Å². The highest BCUT2D eigenvalue weighted by molar-refractivity contribution is 6.03. The summed E-state index contributed by atoms with van der Waals surface area (Å²) in [5.74, 6) is -0.709. The minimum Gasteiger partial charge on any atom is -0.480 e. The van der Waals surface area contributed by atoms with Gasteiger partial charge in [0, 0.05) is 23.9 Å². The number of H-pyrrole nitrogens is 1. The van der Waals surface area contributed by atoms with Crippen LogP contribution in [0.5, 0.6) is 0 Å². The van der Waals surface area contributed by atoms with Crippen molar-refractivity contribution in [2.24, 2.45) is 10.9 Å². The summed E-state index contributed by atoms with van der Waals surface area (Å²) in [6.07, 6.45) is 1.70. The number of hydrogen-bond acceptors (Lipinski definition) is 4. The molecule has 0 aliphatic carbocycles. The second kappa shape index (κ2) is 8.58. The van der Waals surface area contributed by atoms with Gasteiger partial charge in [-0.25, -0.2) is 0 Å². The van der Waals surface area contributed by atoms with Crippen LogP contribution in [-0.4, -0.2) is 28.3 Å². The number of aromatic nitrogens is 1. The molecule has 0 aliphatic heterocycles. The van der Waals surface area contributed by atoms with Crippen LogP contribution in [0.25, 0.3) is 0 Å². The molecule has 2 rings (SSSR count). The van der Waals surface area contributed by atoms with Crippen molar-refractivity contribution >= 4 is 17.4 Å². The van der Waals surface area contributed by atoms with Gasteiger partial charge in [0.15, 0.2) is 0 Å². The van der Waals surface area contributed by atoms with Crippen LogP contribution in [-0.2, 0) is 11.3 Å². The summed E-state index contributed by atoms with van der Waals surface area (Å²) in [6, 6.07) is 7.76. The van der Waals surface area contributed by atoms with Gasteiger partial charge in [0.05, 0.1) is 17.9 Å². The van der Waals surface area contributed by atoms with Crippen molar-refractivity contribution in [3.63, 3.8) is 0 Å². The van der Waals surface area contributed by atoms with E-state index in [-0.39, 0.29) is 18.0 Å². The number of aliphatic imine (C=N–C) groups is 1. The number of aromatic amines is 1. The van der Waals surface area contributed by atoms with Crippen molar-refractivity contribution in [3.8, 4) is 0 Å². The molecule has 6 nitrogen and oxygen atoms in total. The van der Waals surface area contributed by atoms with E-state index in [2.05, 4.69) is 24.1 Å². The van der Waals surface area contributed by atoms with Crippen LogP contribution in [0.4, 0.5) is 5.69 Å². The summed E-state index contributed by atoms with van der Waals surface area (Å²) < 4.78 is 0. The zero-order chi connectivity index (χ0) is 19.3. The zero-order valence-corrected chi connectivity index (χ0v) is 15.6. The number of carboxylic acid groups (broad SMARTS) is 1. The molecule has 0 radical (unpaired) electrons. The molecule has 0 atom stereocenters. The Kier molecular flexibility index (Phi) is 6.46. The average Bonchev–Trinajstić information content (AvgIpc) is 2.57. The number of nitrogens with zero attached hydrogens (tertiary/aromatic N) is 1. The quantitative estimate of drug-likeness (QED) is 0.666. The predicted octanol–water partition coefficient (Wildman–Crippen LogP) is 2.94. The minimum absolute atomic E-state index is 0.0830. The first-order valence-corrected chi connectivity index (χ1v) is 8.58. The fourth-order valence-corrected chi connectivity index (χ4v) is 2.60. The number of rotatable bonds is 7. The Balaban J connectivity index is 2.38. The summed E-state index contributed by atoms with van der Waals surface area (Å²) >= 11 is 0. The SMILES string of the molecule is Cc1ccc(CNCC(=O)O)cc1N=C(c1c[nH]c(=O)c(C)c1)C(C)C. The zero-order valence-electron chi connectivity index (χ0n) is 15.6. The maximum atomic E-state index is 11.6. The molecule has 3 N–H and O–H groups in total. The molecule has 0 fully saturated rings. The smallest absolute Gasteiger partial charge is 0.317 e. The van der Waals surface area contributed by atoms with E-state index in [0.717, 1.165) is 28.1 Å². The lowest BCUT2D eigenvalue weighted by atomic mass is 9.99. The van der Waals surface area contributed by atoms with E-state index in [1.165, 1.54) is 0 Å². The van der Waals surface area contributed by atoms with Crippen molar-refractivity contribution < 1.29 is 9.90 Å². The second-order valence-electron chi connectivity index (χ2n) is 6.67. The third-order valence-corrected chi connectivity index (χ3v) is 4.05. The number of benzene rings is 1. The van der Waals surface area contributed by atoms with E-state index >= 15 is 0 Å². The first-order chi connectivity index (χ1) is 12.3. The van der Waals surface area contributed by atoms with Gasteiger partial charge in [0.25, 0.3) is 5.56 Å². The molecule has 1 aromatic carbocycles. The first-order valence-electron chi connectivity index (χ1n) is 8.58. The Bertz CT molecular complexity index is 882. The topological polar surface area (TPSA) is 94.5 Å². The van der Waals surface area contributed by atoms with Crippen molar-refractivity contribution in [3.05, 3.63) is 63.1 Å². The lowest BCUT2D eigenvalue weighted by molar-refractivity contribution is -0.135. The standard InChI is InChI=1S/C20H25N3O3/c1-12(2)19(16-7-14(4)20(26)22-10-16)23-17-8-15(6-5-13(17)3)9-21-11-18(24)25/h5-8,10,12,21H,9,11H2,1-4H3,(H,22,26)(H,24,25). The highest BCUT2D eigenvalue weighted by Crippen LogP contribution is 2.23. The van der Waals surface area contributed by atoms with Gasteiger partial charge in [-0.05, 0) is 43.0 Å². The number of aryl methyl sites for hydroxylation is 2. The fraction of sp³-hybridized carbons (Fsp3) is 0.350. The molecule has 6 heteroatoms. The van der Waals surface area contributed by atoms with Crippen LogP contribution in [0.3, 0.4) is 0 Å². The summed E-state index contributed by atoms with van der Waals surface area (Å²) in [5.41, 5.74) is 5.18. The van der Waals surface area contributed by atoms with Gasteiger partial charge in [0.2, 0.25) is 0 Å². The molecular formula is C20H25N3O3. The van der Waals surface area contributed by atoms with Crippen molar-refractivity contribution in [1.82, 2.24) is 10.3 Å². The molecular weight excluding hydrogens is 330 g/mol. The van der Waals surface area contributed by atoms with Crippen molar-refractivity contribution in [1.29, 1.82) is 0 Å². The normalized spacial score (nSPS) is 11.8. The minimum atomic E-state index is -0.883. The Morgan fingerprint density at radius 2 is 1.96 bits per heavy atom. The molecule has 138 valence electrons. The Hall–Kier alpha value is -2.73. The Labute approximate surface area is 153 Å². The second-order valence-corrected chi connectivity index (χ2v) is 6.67. The van der Waals surface area contributed by atoms with E-state index in [1.807, 2.05) is 31.2 Å². The van der Waals surface area contributed by atoms with Crippen LogP contribution in [0.2, 0.25) is 0 Å². The Morgan fingerprint density at radius 3 is 2.58 bits per heavy atom. The average molecular weight is 355 g/mol. The number of nitrogens with one attached hydrogen (secondary N) is 2. The van der Waals surface area contributed by atoms with Gasteiger partial charge >= 0.3 is 5.97 Å². The first kappa shape index (κ1) is 19.6. The van der Waals surface area contributed by atoms with Crippen molar-refractivity contribution in [2.75, 3.05) is 6.54 Å². The molecule has 0 saturated heterocycles. The molecule has 0 unspecified atom stereocenters. The van der Waals surface area contributed by atoms with Gasteiger partial charge in [0.1, 0.15) is 0 Å². The summed E-state index contributed by atoms with van der Waals surface area (Å²) in [5, 5.41) is 11.6. The van der Waals surface area contributed by atoms with E-state index < -0.39 is 5.97 Å². The molecule has 0 aliphatic rings. The predicted molar refractivity (Wildman–Crippen MR) is 103 cm³/mol.